The fourth-order valence-corrected chi connectivity index (χ4v) is 8.01. The van der Waals surface area contributed by atoms with E-state index in [4.69, 9.17) is 9.15 Å². The highest BCUT2D eigenvalue weighted by Crippen LogP contribution is 2.62. The lowest BCUT2D eigenvalue weighted by Crippen LogP contribution is -2.69. The Morgan fingerprint density at radius 1 is 1.18 bits per heavy atom. The Bertz CT molecular complexity index is 1350. The number of carbonyl (C=O) groups is 1. The van der Waals surface area contributed by atoms with E-state index >= 15 is 0 Å². The molecule has 6 atom stereocenters. The van der Waals surface area contributed by atoms with Crippen molar-refractivity contribution >= 4 is 12.0 Å². The zero-order valence-corrected chi connectivity index (χ0v) is 21.7. The standard InChI is InChI=1S/C32H34N2O4/c1-33(29(36)13-10-21-14-17-37-20-21)25-12-11-24-26-18-23-8-5-9-28-30(23)32(24,31(25)38-28)15-16-34(26)19-27(35)22-6-3-2-4-7-22/h2-10,13-14,17,20,24-27,31,35H,11-12,15-16,18-19H2,1H3/t24-,25-,26+,27?,31-,32-/m0/s1. The number of hydrogen-bond donors (Lipinski definition) is 1. The Morgan fingerprint density at radius 2 is 2.05 bits per heavy atom. The van der Waals surface area contributed by atoms with Gasteiger partial charge < -0.3 is 19.2 Å². The number of amides is 1. The summed E-state index contributed by atoms with van der Waals surface area (Å²) in [5.74, 6) is 1.44. The van der Waals surface area contributed by atoms with Gasteiger partial charge >= 0.3 is 0 Å². The third kappa shape index (κ3) is 3.57. The van der Waals surface area contributed by atoms with Gasteiger partial charge in [-0.1, -0.05) is 42.5 Å². The van der Waals surface area contributed by atoms with Gasteiger partial charge in [-0.25, -0.2) is 0 Å². The van der Waals surface area contributed by atoms with Crippen LogP contribution in [0.4, 0.5) is 0 Å². The highest BCUT2D eigenvalue weighted by molar-refractivity contribution is 5.91. The molecule has 1 unspecified atom stereocenters. The lowest BCUT2D eigenvalue weighted by molar-refractivity contribution is -0.135. The molecule has 1 N–H and O–H groups in total. The Morgan fingerprint density at radius 3 is 2.87 bits per heavy atom. The fraction of sp³-hybridized carbons (Fsp3) is 0.406. The Labute approximate surface area is 223 Å². The molecule has 1 amide bonds. The van der Waals surface area contributed by atoms with Crippen molar-refractivity contribution < 1.29 is 19.1 Å². The van der Waals surface area contributed by atoms with E-state index in [2.05, 4.69) is 23.1 Å². The molecule has 196 valence electrons. The van der Waals surface area contributed by atoms with Crippen LogP contribution in [0.1, 0.15) is 47.6 Å². The summed E-state index contributed by atoms with van der Waals surface area (Å²) in [5.41, 5.74) is 4.53. The topological polar surface area (TPSA) is 66.2 Å². The van der Waals surface area contributed by atoms with E-state index < -0.39 is 6.10 Å². The molecule has 1 spiro atoms. The molecule has 0 radical (unpaired) electrons. The summed E-state index contributed by atoms with van der Waals surface area (Å²) in [5, 5.41) is 11.1. The summed E-state index contributed by atoms with van der Waals surface area (Å²) in [6.45, 7) is 1.56. The predicted octanol–water partition coefficient (Wildman–Crippen LogP) is 4.59. The molecule has 38 heavy (non-hydrogen) atoms. The molecule has 1 saturated carbocycles. The van der Waals surface area contributed by atoms with E-state index in [-0.39, 0.29) is 23.5 Å². The van der Waals surface area contributed by atoms with Crippen molar-refractivity contribution in [2.24, 2.45) is 5.92 Å². The van der Waals surface area contributed by atoms with Crippen molar-refractivity contribution in [2.75, 3.05) is 20.1 Å². The Balaban J connectivity index is 1.19. The number of rotatable bonds is 6. The molecule has 7 rings (SSSR count). The van der Waals surface area contributed by atoms with Crippen LogP contribution in [0.2, 0.25) is 0 Å². The molecule has 6 nitrogen and oxygen atoms in total. The van der Waals surface area contributed by atoms with Gasteiger partial charge in [0.25, 0.3) is 0 Å². The van der Waals surface area contributed by atoms with E-state index in [1.54, 1.807) is 18.6 Å². The van der Waals surface area contributed by atoms with Crippen LogP contribution in [0.15, 0.2) is 77.6 Å². The SMILES string of the molecule is CN(C(=O)C=Cc1ccoc1)[C@H]1CC[C@H]2[C@H]3Cc4cccc5c4[C@@]2(CCN3CC(O)c2ccccc2)[C@H]1O5. The first-order chi connectivity index (χ1) is 18.6. The summed E-state index contributed by atoms with van der Waals surface area (Å²) in [6.07, 6.45) is 10.1. The van der Waals surface area contributed by atoms with Crippen LogP contribution < -0.4 is 4.74 Å². The maximum absolute atomic E-state index is 13.3. The first-order valence-electron chi connectivity index (χ1n) is 13.8. The number of benzene rings is 2. The number of hydrogen-bond acceptors (Lipinski definition) is 5. The first-order valence-corrected chi connectivity index (χ1v) is 13.8. The summed E-state index contributed by atoms with van der Waals surface area (Å²) >= 11 is 0. The van der Waals surface area contributed by atoms with Gasteiger partial charge in [-0.05, 0) is 67.5 Å². The van der Waals surface area contributed by atoms with Crippen LogP contribution in [0, 0.1) is 5.92 Å². The molecule has 3 aromatic rings. The number of carbonyl (C=O) groups excluding carboxylic acids is 1. The largest absolute Gasteiger partial charge is 0.487 e. The zero-order valence-electron chi connectivity index (χ0n) is 21.7. The maximum Gasteiger partial charge on any atom is 0.246 e. The minimum absolute atomic E-state index is 0.00760. The molecular formula is C32H34N2O4. The minimum Gasteiger partial charge on any atom is -0.487 e. The molecule has 4 aliphatic rings. The maximum atomic E-state index is 13.3. The summed E-state index contributed by atoms with van der Waals surface area (Å²) in [7, 11) is 1.92. The monoisotopic (exact) mass is 510 g/mol. The summed E-state index contributed by atoms with van der Waals surface area (Å²) < 4.78 is 11.9. The molecule has 6 heteroatoms. The number of aliphatic hydroxyl groups is 1. The van der Waals surface area contributed by atoms with Crippen molar-refractivity contribution in [3.63, 3.8) is 0 Å². The second-order valence-corrected chi connectivity index (χ2v) is 11.4. The van der Waals surface area contributed by atoms with Crippen molar-refractivity contribution in [1.29, 1.82) is 0 Å². The average Bonchev–Trinajstić information content (AvgIpc) is 3.58. The lowest BCUT2D eigenvalue weighted by Gasteiger charge is -2.60. The number of likely N-dealkylation sites (tertiary alicyclic amines) is 1. The number of furan rings is 1. The van der Waals surface area contributed by atoms with Crippen LogP contribution in [-0.4, -0.2) is 59.1 Å². The van der Waals surface area contributed by atoms with Crippen molar-refractivity contribution in [1.82, 2.24) is 9.80 Å². The molecule has 1 aromatic heterocycles. The first kappa shape index (κ1) is 23.7. The molecule has 1 saturated heterocycles. The quantitative estimate of drug-likeness (QED) is 0.492. The second-order valence-electron chi connectivity index (χ2n) is 11.4. The fourth-order valence-electron chi connectivity index (χ4n) is 8.01. The highest BCUT2D eigenvalue weighted by Gasteiger charge is 2.65. The molecule has 3 heterocycles. The van der Waals surface area contributed by atoms with Crippen molar-refractivity contribution in [3.8, 4) is 5.75 Å². The summed E-state index contributed by atoms with van der Waals surface area (Å²) in [6, 6.07) is 18.7. The molecule has 2 bridgehead atoms. The van der Waals surface area contributed by atoms with E-state index in [0.717, 1.165) is 49.1 Å². The van der Waals surface area contributed by atoms with Gasteiger partial charge in [0.15, 0.2) is 0 Å². The number of aliphatic hydroxyl groups excluding tert-OH is 1. The van der Waals surface area contributed by atoms with Crippen LogP contribution in [-0.2, 0) is 16.6 Å². The van der Waals surface area contributed by atoms with Crippen molar-refractivity contribution in [3.05, 3.63) is 95.5 Å². The number of ether oxygens (including phenoxy) is 1. The van der Waals surface area contributed by atoms with Gasteiger partial charge in [-0.2, -0.15) is 0 Å². The molecule has 2 fully saturated rings. The minimum atomic E-state index is -0.504. The van der Waals surface area contributed by atoms with Gasteiger partial charge in [-0.3, -0.25) is 9.69 Å². The van der Waals surface area contributed by atoms with Crippen LogP contribution in [0.25, 0.3) is 6.08 Å². The third-order valence-corrected chi connectivity index (χ3v) is 9.70. The van der Waals surface area contributed by atoms with Gasteiger partial charge in [0.05, 0.1) is 24.7 Å². The number of β-amino-alcohol motifs (C(OH)–C–C–N with tert-alkyl or cyclic N) is 1. The number of likely N-dealkylation sites (N-methyl/N-ethyl adjacent to an activating group) is 1. The van der Waals surface area contributed by atoms with Crippen LogP contribution in [0.5, 0.6) is 5.75 Å². The zero-order chi connectivity index (χ0) is 25.9. The number of piperidine rings is 1. The number of nitrogens with zero attached hydrogens (tertiary/aromatic N) is 2. The van der Waals surface area contributed by atoms with E-state index in [1.807, 2.05) is 54.4 Å². The van der Waals surface area contributed by atoms with E-state index in [0.29, 0.717) is 18.5 Å². The molecular weight excluding hydrogens is 476 g/mol. The van der Waals surface area contributed by atoms with Crippen molar-refractivity contribution in [2.45, 2.75) is 55.4 Å². The Kier molecular flexibility index (Phi) is 5.71. The normalized spacial score (nSPS) is 30.1. The second kappa shape index (κ2) is 9.14. The van der Waals surface area contributed by atoms with Gasteiger partial charge in [-0.15, -0.1) is 0 Å². The van der Waals surface area contributed by atoms with Gasteiger partial charge in [0.1, 0.15) is 11.9 Å². The van der Waals surface area contributed by atoms with E-state index in [9.17, 15) is 9.90 Å². The molecule has 2 aromatic carbocycles. The van der Waals surface area contributed by atoms with Gasteiger partial charge in [0.2, 0.25) is 5.91 Å². The van der Waals surface area contributed by atoms with Gasteiger partial charge in [0, 0.05) is 42.3 Å². The summed E-state index contributed by atoms with van der Waals surface area (Å²) in [4.78, 5) is 17.7. The van der Waals surface area contributed by atoms with E-state index in [1.165, 1.54) is 11.1 Å². The molecule has 2 aliphatic carbocycles. The smallest absolute Gasteiger partial charge is 0.246 e. The third-order valence-electron chi connectivity index (χ3n) is 9.70. The highest BCUT2D eigenvalue weighted by atomic mass is 16.5. The molecule has 2 aliphatic heterocycles. The lowest BCUT2D eigenvalue weighted by atomic mass is 9.51. The predicted molar refractivity (Wildman–Crippen MR) is 145 cm³/mol. The van der Waals surface area contributed by atoms with Crippen LogP contribution >= 0.6 is 0 Å². The van der Waals surface area contributed by atoms with Crippen LogP contribution in [0.3, 0.4) is 0 Å². The Hall–Kier alpha value is -3.35. The average molecular weight is 511 g/mol.